The van der Waals surface area contributed by atoms with Crippen LogP contribution in [0.1, 0.15) is 26.7 Å². The van der Waals surface area contributed by atoms with Gasteiger partial charge in [-0.25, -0.2) is 0 Å². The summed E-state index contributed by atoms with van der Waals surface area (Å²) in [5, 5.41) is 15.5. The van der Waals surface area contributed by atoms with Gasteiger partial charge >= 0.3 is 0 Å². The third kappa shape index (κ3) is 2.39. The van der Waals surface area contributed by atoms with E-state index >= 15 is 0 Å². The van der Waals surface area contributed by atoms with Gasteiger partial charge in [-0.15, -0.1) is 0 Å². The summed E-state index contributed by atoms with van der Waals surface area (Å²) in [6.45, 7) is 12.0. The Morgan fingerprint density at radius 2 is 1.71 bits per heavy atom. The molecule has 2 atom stereocenters. The summed E-state index contributed by atoms with van der Waals surface area (Å²) in [6, 6.07) is 0. The summed E-state index contributed by atoms with van der Waals surface area (Å²) in [5.74, 6) is 0.354. The molecule has 2 unspecified atom stereocenters. The topological polar surface area (TPSA) is 47.7 Å². The van der Waals surface area contributed by atoms with Crippen molar-refractivity contribution in [3.63, 3.8) is 0 Å². The zero-order valence-corrected chi connectivity index (χ0v) is 11.4. The minimum atomic E-state index is 0.0943. The molecule has 1 aliphatic rings. The van der Waals surface area contributed by atoms with Gasteiger partial charge in [-0.3, -0.25) is 4.48 Å². The van der Waals surface area contributed by atoms with Crippen molar-refractivity contribution in [2.75, 3.05) is 14.1 Å². The Kier molecular flexibility index (Phi) is 3.72. The molecule has 0 aromatic carbocycles. The Morgan fingerprint density at radius 3 is 2.12 bits per heavy atom. The molecule has 1 aliphatic heterocycles. The normalized spacial score (nSPS) is 27.3. The molecule has 17 heavy (non-hydrogen) atoms. The van der Waals surface area contributed by atoms with Crippen molar-refractivity contribution in [3.05, 3.63) is 24.6 Å². The summed E-state index contributed by atoms with van der Waals surface area (Å²) in [5.41, 5.74) is 3.53. The quantitative estimate of drug-likeness (QED) is 0.554. The molecule has 1 rings (SSSR count). The predicted octanol–water partition coefficient (Wildman–Crippen LogP) is 3.20. The number of allylic oxidation sites excluding steroid dienone is 2. The van der Waals surface area contributed by atoms with Gasteiger partial charge in [0.25, 0.3) is 0 Å². The van der Waals surface area contributed by atoms with Crippen LogP contribution in [0.3, 0.4) is 0 Å². The number of nitrogens with zero attached hydrogens (tertiary/aromatic N) is 1. The number of nitrogens with one attached hydrogen (secondary N) is 2. The van der Waals surface area contributed by atoms with E-state index in [4.69, 9.17) is 10.8 Å². The van der Waals surface area contributed by atoms with E-state index < -0.39 is 0 Å². The minimum absolute atomic E-state index is 0.0943. The average molecular weight is 234 g/mol. The van der Waals surface area contributed by atoms with Crippen molar-refractivity contribution in [2.24, 2.45) is 11.8 Å². The first kappa shape index (κ1) is 13.8. The Bertz CT molecular complexity index is 390. The lowest BCUT2D eigenvalue weighted by atomic mass is 9.85. The van der Waals surface area contributed by atoms with E-state index in [0.717, 1.165) is 24.2 Å². The van der Waals surface area contributed by atoms with Crippen LogP contribution < -0.4 is 0 Å². The summed E-state index contributed by atoms with van der Waals surface area (Å²) < 4.78 is 0.614. The zero-order chi connectivity index (χ0) is 13.4. The fourth-order valence-electron chi connectivity index (χ4n) is 2.63. The van der Waals surface area contributed by atoms with Gasteiger partial charge in [0, 0.05) is 11.4 Å². The average Bonchev–Trinajstić information content (AvgIpc) is 2.36. The van der Waals surface area contributed by atoms with Crippen LogP contribution in [-0.2, 0) is 0 Å². The number of hydrogen-bond donors (Lipinski definition) is 2. The summed E-state index contributed by atoms with van der Waals surface area (Å²) in [4.78, 5) is 0. The van der Waals surface area contributed by atoms with Crippen LogP contribution in [0.25, 0.3) is 0 Å². The van der Waals surface area contributed by atoms with Gasteiger partial charge in [-0.1, -0.05) is 0 Å². The van der Waals surface area contributed by atoms with Crippen LogP contribution in [-0.4, -0.2) is 30.0 Å². The fraction of sp³-hybridized carbons (Fsp3) is 0.571. The third-order valence-electron chi connectivity index (χ3n) is 3.92. The maximum absolute atomic E-state index is 7.94. The smallest absolute Gasteiger partial charge is 0.115 e. The van der Waals surface area contributed by atoms with Gasteiger partial charge in [-0.2, -0.15) is 0 Å². The molecule has 0 amide bonds. The number of rotatable bonds is 4. The van der Waals surface area contributed by atoms with Gasteiger partial charge < -0.3 is 10.8 Å². The monoisotopic (exact) mass is 234 g/mol. The summed E-state index contributed by atoms with van der Waals surface area (Å²) >= 11 is 0. The molecule has 3 heteroatoms. The minimum Gasteiger partial charge on any atom is -0.310 e. The highest BCUT2D eigenvalue weighted by Crippen LogP contribution is 2.45. The molecule has 0 saturated carbocycles. The van der Waals surface area contributed by atoms with Crippen molar-refractivity contribution in [1.82, 2.24) is 0 Å². The van der Waals surface area contributed by atoms with E-state index in [1.54, 1.807) is 0 Å². The van der Waals surface area contributed by atoms with E-state index in [1.165, 1.54) is 0 Å². The van der Waals surface area contributed by atoms with E-state index in [-0.39, 0.29) is 11.8 Å². The lowest BCUT2D eigenvalue weighted by Crippen LogP contribution is -2.33. The summed E-state index contributed by atoms with van der Waals surface area (Å²) in [7, 11) is 4.16. The first-order chi connectivity index (χ1) is 7.69. The Labute approximate surface area is 104 Å². The number of hydrogen-bond acceptors (Lipinski definition) is 2. The highest BCUT2D eigenvalue weighted by atomic mass is 15.4. The van der Waals surface area contributed by atoms with Crippen LogP contribution >= 0.6 is 0 Å². The van der Waals surface area contributed by atoms with Crippen LogP contribution in [0.15, 0.2) is 24.6 Å². The van der Waals surface area contributed by atoms with Crippen LogP contribution in [0, 0.1) is 22.7 Å². The van der Waals surface area contributed by atoms with Gasteiger partial charge in [0.1, 0.15) is 11.4 Å². The second kappa shape index (κ2) is 4.57. The van der Waals surface area contributed by atoms with Crippen molar-refractivity contribution < 1.29 is 4.48 Å². The molecule has 0 bridgehead atoms. The van der Waals surface area contributed by atoms with Crippen molar-refractivity contribution in [1.29, 1.82) is 10.8 Å². The Morgan fingerprint density at radius 1 is 1.18 bits per heavy atom. The fourth-order valence-corrected chi connectivity index (χ4v) is 2.63. The predicted molar refractivity (Wildman–Crippen MR) is 73.4 cm³/mol. The van der Waals surface area contributed by atoms with E-state index in [0.29, 0.717) is 15.9 Å². The lowest BCUT2D eigenvalue weighted by Gasteiger charge is -2.26. The lowest BCUT2D eigenvalue weighted by molar-refractivity contribution is -0.807. The molecular formula is C14H24N3+. The SMILES string of the molecule is C=C1C(CCC(C)=N)C(C(C)=N)C(=C)[N+]1(C)C. The molecule has 1 saturated heterocycles. The molecule has 0 aliphatic carbocycles. The maximum atomic E-state index is 7.94. The van der Waals surface area contributed by atoms with Crippen molar-refractivity contribution in [2.45, 2.75) is 26.7 Å². The highest BCUT2D eigenvalue weighted by Gasteiger charge is 2.48. The van der Waals surface area contributed by atoms with Gasteiger partial charge in [0.15, 0.2) is 0 Å². The van der Waals surface area contributed by atoms with E-state index in [9.17, 15) is 0 Å². The molecule has 94 valence electrons. The molecule has 3 nitrogen and oxygen atoms in total. The third-order valence-corrected chi connectivity index (χ3v) is 3.92. The number of quaternary nitrogens is 1. The molecule has 0 aromatic rings. The molecule has 2 N–H and O–H groups in total. The first-order valence-corrected chi connectivity index (χ1v) is 6.01. The zero-order valence-electron chi connectivity index (χ0n) is 11.4. The van der Waals surface area contributed by atoms with E-state index in [1.807, 2.05) is 13.8 Å². The van der Waals surface area contributed by atoms with E-state index in [2.05, 4.69) is 27.3 Å². The largest absolute Gasteiger partial charge is 0.310 e. The first-order valence-electron chi connectivity index (χ1n) is 6.01. The molecule has 0 spiro atoms. The van der Waals surface area contributed by atoms with Gasteiger partial charge in [0.05, 0.1) is 25.9 Å². The Balaban J connectivity index is 3.00. The maximum Gasteiger partial charge on any atom is 0.115 e. The van der Waals surface area contributed by atoms with Crippen LogP contribution in [0.5, 0.6) is 0 Å². The Hall–Kier alpha value is -1.22. The second-order valence-corrected chi connectivity index (χ2v) is 5.52. The second-order valence-electron chi connectivity index (χ2n) is 5.52. The standard InChI is InChI=1S/C14H24N3/c1-9(15)7-8-13-11(3)17(5,6)12(4)14(13)10(2)16/h13-16H,3-4,7-8H2,1-2,5-6H3/q+1. The molecule has 0 radical (unpaired) electrons. The molecule has 1 heterocycles. The van der Waals surface area contributed by atoms with Gasteiger partial charge in [-0.05, 0) is 39.8 Å². The molecular weight excluding hydrogens is 210 g/mol. The number of likely N-dealkylation sites (tertiary alicyclic amines) is 1. The summed E-state index contributed by atoms with van der Waals surface area (Å²) in [6.07, 6.45) is 1.68. The highest BCUT2D eigenvalue weighted by molar-refractivity contribution is 5.85. The molecule has 1 fully saturated rings. The molecule has 0 aromatic heterocycles. The van der Waals surface area contributed by atoms with Crippen LogP contribution in [0.4, 0.5) is 0 Å². The van der Waals surface area contributed by atoms with Gasteiger partial charge in [0.2, 0.25) is 0 Å². The van der Waals surface area contributed by atoms with Crippen molar-refractivity contribution >= 4 is 11.4 Å². The van der Waals surface area contributed by atoms with Crippen molar-refractivity contribution in [3.8, 4) is 0 Å². The van der Waals surface area contributed by atoms with Crippen LogP contribution in [0.2, 0.25) is 0 Å².